The number of piperidine rings is 1. The fraction of sp³-hybridized carbons (Fsp3) is 0.519. The van der Waals surface area contributed by atoms with E-state index in [0.29, 0.717) is 23.8 Å². The average molecular weight is 418 g/mol. The molecular weight excluding hydrogens is 386 g/mol. The van der Waals surface area contributed by atoms with Crippen LogP contribution in [0.1, 0.15) is 56.1 Å². The number of methoxy groups -OCH3 is 1. The van der Waals surface area contributed by atoms with Crippen molar-refractivity contribution >= 4 is 5.91 Å². The number of nitrogens with zero attached hydrogens (tertiary/aromatic N) is 1. The highest BCUT2D eigenvalue weighted by Crippen LogP contribution is 2.56. The summed E-state index contributed by atoms with van der Waals surface area (Å²) in [5.74, 6) is 3.93. The highest BCUT2D eigenvalue weighted by atomic mass is 16.5. The van der Waals surface area contributed by atoms with Gasteiger partial charge in [-0.15, -0.1) is 0 Å². The topological polar surface area (TPSA) is 38.8 Å². The molecule has 0 spiro atoms. The van der Waals surface area contributed by atoms with Gasteiger partial charge in [0, 0.05) is 23.9 Å². The summed E-state index contributed by atoms with van der Waals surface area (Å²) in [5, 5.41) is 0. The molecule has 1 saturated heterocycles. The van der Waals surface area contributed by atoms with Gasteiger partial charge in [0.15, 0.2) is 0 Å². The Morgan fingerprint density at radius 3 is 2.52 bits per heavy atom. The molecule has 4 heteroatoms. The maximum absolute atomic E-state index is 13.0. The number of rotatable bonds is 4. The van der Waals surface area contributed by atoms with E-state index in [1.54, 1.807) is 7.11 Å². The van der Waals surface area contributed by atoms with Crippen LogP contribution in [-0.4, -0.2) is 30.5 Å². The van der Waals surface area contributed by atoms with E-state index in [9.17, 15) is 4.79 Å². The number of hydrogen-bond donors (Lipinski definition) is 0. The minimum atomic E-state index is 0.218. The molecule has 2 aromatic carbocycles. The molecule has 0 N–H and O–H groups in total. The van der Waals surface area contributed by atoms with Crippen LogP contribution in [0.5, 0.6) is 17.2 Å². The van der Waals surface area contributed by atoms with Crippen LogP contribution in [0.4, 0.5) is 0 Å². The summed E-state index contributed by atoms with van der Waals surface area (Å²) in [6.45, 7) is 0.930. The van der Waals surface area contributed by atoms with E-state index >= 15 is 0 Å². The lowest BCUT2D eigenvalue weighted by atomic mass is 9.52. The van der Waals surface area contributed by atoms with Crippen LogP contribution in [0, 0.1) is 11.8 Å². The number of amides is 1. The predicted molar refractivity (Wildman–Crippen MR) is 120 cm³/mol. The van der Waals surface area contributed by atoms with Gasteiger partial charge in [0.1, 0.15) is 17.2 Å². The minimum absolute atomic E-state index is 0.218. The highest BCUT2D eigenvalue weighted by molar-refractivity contribution is 5.81. The summed E-state index contributed by atoms with van der Waals surface area (Å²) in [5.41, 5.74) is 3.15. The molecular formula is C27H31NO3. The van der Waals surface area contributed by atoms with Crippen LogP contribution in [0.3, 0.4) is 0 Å². The van der Waals surface area contributed by atoms with Gasteiger partial charge in [0.05, 0.1) is 7.11 Å². The Hall–Kier alpha value is -2.49. The Kier molecular flexibility index (Phi) is 4.52. The number of benzene rings is 2. The summed E-state index contributed by atoms with van der Waals surface area (Å²) in [7, 11) is 1.68. The van der Waals surface area contributed by atoms with E-state index in [2.05, 4.69) is 23.1 Å². The zero-order valence-electron chi connectivity index (χ0n) is 18.3. The zero-order chi connectivity index (χ0) is 21.0. The first-order chi connectivity index (χ1) is 15.2. The monoisotopic (exact) mass is 417 g/mol. The summed E-state index contributed by atoms with van der Waals surface area (Å²) in [6, 6.07) is 14.8. The molecule has 0 radical (unpaired) electrons. The van der Waals surface area contributed by atoms with Crippen LogP contribution in [-0.2, 0) is 16.6 Å². The van der Waals surface area contributed by atoms with Crippen molar-refractivity contribution in [3.05, 3.63) is 53.6 Å². The number of likely N-dealkylation sites (tertiary alicyclic amines) is 1. The van der Waals surface area contributed by atoms with Gasteiger partial charge in [-0.05, 0) is 92.0 Å². The quantitative estimate of drug-likeness (QED) is 0.661. The average Bonchev–Trinajstić information content (AvgIpc) is 3.65. The van der Waals surface area contributed by atoms with Gasteiger partial charge >= 0.3 is 0 Å². The zero-order valence-corrected chi connectivity index (χ0v) is 18.3. The fourth-order valence-electron chi connectivity index (χ4n) is 6.67. The first kappa shape index (κ1) is 19.2. The van der Waals surface area contributed by atoms with Gasteiger partial charge in [-0.25, -0.2) is 0 Å². The number of carbonyl (C=O) groups excluding carboxylic acids is 1. The van der Waals surface area contributed by atoms with E-state index < -0.39 is 0 Å². The predicted octanol–water partition coefficient (Wildman–Crippen LogP) is 5.48. The SMILES string of the molecule is COc1ccc(Oc2ccc3c(c2)[C@@]24CCCC[C@H]2[C@@H](C3)N(C(=O)C2CC2)CC4)cc1. The van der Waals surface area contributed by atoms with Crippen molar-refractivity contribution in [2.45, 2.75) is 62.8 Å². The third kappa shape index (κ3) is 3.14. The molecule has 3 aliphatic carbocycles. The number of fused-ring (bicyclic) bond motifs is 1. The lowest BCUT2D eigenvalue weighted by Gasteiger charge is -2.59. The molecule has 1 heterocycles. The summed E-state index contributed by atoms with van der Waals surface area (Å²) in [6.07, 6.45) is 9.39. The van der Waals surface area contributed by atoms with Crippen LogP contribution < -0.4 is 9.47 Å². The Bertz CT molecular complexity index is 996. The summed E-state index contributed by atoms with van der Waals surface area (Å²) < 4.78 is 11.5. The van der Waals surface area contributed by atoms with Crippen molar-refractivity contribution in [1.82, 2.24) is 4.90 Å². The smallest absolute Gasteiger partial charge is 0.225 e. The van der Waals surface area contributed by atoms with Crippen molar-refractivity contribution in [1.29, 1.82) is 0 Å². The van der Waals surface area contributed by atoms with Crippen molar-refractivity contribution < 1.29 is 14.3 Å². The second-order valence-corrected chi connectivity index (χ2v) is 9.93. The van der Waals surface area contributed by atoms with E-state index in [0.717, 1.165) is 49.5 Å². The molecule has 4 nitrogen and oxygen atoms in total. The van der Waals surface area contributed by atoms with E-state index in [1.165, 1.54) is 36.8 Å². The van der Waals surface area contributed by atoms with E-state index in [4.69, 9.17) is 9.47 Å². The molecule has 31 heavy (non-hydrogen) atoms. The molecule has 2 aromatic rings. The number of carbonyl (C=O) groups is 1. The van der Waals surface area contributed by atoms with Crippen LogP contribution in [0.2, 0.25) is 0 Å². The minimum Gasteiger partial charge on any atom is -0.497 e. The molecule has 1 aliphatic heterocycles. The Balaban J connectivity index is 1.34. The first-order valence-corrected chi connectivity index (χ1v) is 11.9. The molecule has 4 aliphatic rings. The Morgan fingerprint density at radius 2 is 1.74 bits per heavy atom. The van der Waals surface area contributed by atoms with Gasteiger partial charge in [0.2, 0.25) is 5.91 Å². The van der Waals surface area contributed by atoms with Crippen molar-refractivity contribution in [3.8, 4) is 17.2 Å². The summed E-state index contributed by atoms with van der Waals surface area (Å²) >= 11 is 0. The molecule has 1 amide bonds. The molecule has 0 aromatic heterocycles. The largest absolute Gasteiger partial charge is 0.497 e. The lowest BCUT2D eigenvalue weighted by Crippen LogP contribution is -2.62. The van der Waals surface area contributed by atoms with Crippen LogP contribution >= 0.6 is 0 Å². The molecule has 3 fully saturated rings. The fourth-order valence-corrected chi connectivity index (χ4v) is 6.67. The maximum atomic E-state index is 13.0. The van der Waals surface area contributed by atoms with E-state index in [-0.39, 0.29) is 5.41 Å². The van der Waals surface area contributed by atoms with Crippen molar-refractivity contribution in [2.75, 3.05) is 13.7 Å². The molecule has 3 atom stereocenters. The van der Waals surface area contributed by atoms with Gasteiger partial charge < -0.3 is 14.4 Å². The molecule has 162 valence electrons. The third-order valence-corrected chi connectivity index (χ3v) is 8.31. The maximum Gasteiger partial charge on any atom is 0.225 e. The second kappa shape index (κ2) is 7.29. The molecule has 2 bridgehead atoms. The highest BCUT2D eigenvalue weighted by Gasteiger charge is 2.55. The molecule has 6 rings (SSSR count). The molecule has 0 unspecified atom stereocenters. The standard InChI is InChI=1S/C27H31NO3/c1-30-20-9-11-21(12-10-20)31-22-8-7-19-16-25-23-4-2-3-13-27(23,24(19)17-22)14-15-28(25)26(29)18-5-6-18/h7-12,17-18,23,25H,2-6,13-16H2,1H3/t23-,25+,27+/m0/s1. The van der Waals surface area contributed by atoms with Crippen molar-refractivity contribution in [2.24, 2.45) is 11.8 Å². The van der Waals surface area contributed by atoms with Gasteiger partial charge in [-0.1, -0.05) is 18.9 Å². The lowest BCUT2D eigenvalue weighted by molar-refractivity contribution is -0.142. The second-order valence-electron chi connectivity index (χ2n) is 9.93. The number of hydrogen-bond acceptors (Lipinski definition) is 3. The van der Waals surface area contributed by atoms with Gasteiger partial charge in [-0.2, -0.15) is 0 Å². The molecule has 2 saturated carbocycles. The number of ether oxygens (including phenoxy) is 2. The Morgan fingerprint density at radius 1 is 0.968 bits per heavy atom. The van der Waals surface area contributed by atoms with Crippen LogP contribution in [0.25, 0.3) is 0 Å². The van der Waals surface area contributed by atoms with Crippen LogP contribution in [0.15, 0.2) is 42.5 Å². The van der Waals surface area contributed by atoms with E-state index in [1.807, 2.05) is 24.3 Å². The van der Waals surface area contributed by atoms with Gasteiger partial charge in [0.25, 0.3) is 0 Å². The summed E-state index contributed by atoms with van der Waals surface area (Å²) in [4.78, 5) is 15.3. The Labute approximate surface area is 184 Å². The normalized spacial score (nSPS) is 29.0. The van der Waals surface area contributed by atoms with Gasteiger partial charge in [-0.3, -0.25) is 4.79 Å². The first-order valence-electron chi connectivity index (χ1n) is 11.9. The van der Waals surface area contributed by atoms with Crippen molar-refractivity contribution in [3.63, 3.8) is 0 Å². The third-order valence-electron chi connectivity index (χ3n) is 8.31.